The fraction of sp³-hybridized carbons (Fsp3) is 0.348. The molecule has 0 radical (unpaired) electrons. The predicted octanol–water partition coefficient (Wildman–Crippen LogP) is 3.64. The van der Waals surface area contributed by atoms with Crippen LogP contribution < -0.4 is 5.32 Å². The summed E-state index contributed by atoms with van der Waals surface area (Å²) in [5, 5.41) is 8.43. The second-order valence-corrected chi connectivity index (χ2v) is 8.31. The van der Waals surface area contributed by atoms with Crippen LogP contribution in [0.4, 0.5) is 4.39 Å². The summed E-state index contributed by atoms with van der Waals surface area (Å²) >= 11 is 0. The van der Waals surface area contributed by atoms with E-state index in [-0.39, 0.29) is 17.8 Å². The molecule has 1 fully saturated rings. The normalized spacial score (nSPS) is 18.8. The van der Waals surface area contributed by atoms with Crippen LogP contribution in [0.5, 0.6) is 0 Å². The Hall–Kier alpha value is -3.62. The summed E-state index contributed by atoms with van der Waals surface area (Å²) in [6.07, 6.45) is 9.15. The first-order valence-electron chi connectivity index (χ1n) is 10.7. The third kappa shape index (κ3) is 3.63. The van der Waals surface area contributed by atoms with Crippen LogP contribution in [0.15, 0.2) is 35.6 Å². The highest BCUT2D eigenvalue weighted by Gasteiger charge is 2.27. The number of aromatic amines is 1. The smallest absolute Gasteiger partial charge is 0.255 e. The van der Waals surface area contributed by atoms with Crippen molar-refractivity contribution < 1.29 is 9.18 Å². The Morgan fingerprint density at radius 3 is 3.12 bits per heavy atom. The van der Waals surface area contributed by atoms with E-state index < -0.39 is 0 Å². The van der Waals surface area contributed by atoms with E-state index in [1.807, 2.05) is 6.21 Å². The molecule has 1 aliphatic carbocycles. The first-order valence-corrected chi connectivity index (χ1v) is 10.7. The highest BCUT2D eigenvalue weighted by molar-refractivity contribution is 6.05. The maximum absolute atomic E-state index is 13.7. The number of aromatic nitrogens is 5. The van der Waals surface area contributed by atoms with Gasteiger partial charge in [0, 0.05) is 31.7 Å². The number of halogens is 1. The minimum Gasteiger partial charge on any atom is -0.349 e. The van der Waals surface area contributed by atoms with Gasteiger partial charge < -0.3 is 15.3 Å². The maximum Gasteiger partial charge on any atom is 0.255 e. The van der Waals surface area contributed by atoms with Gasteiger partial charge in [-0.05, 0) is 56.0 Å². The number of nitrogens with one attached hydrogen (secondary N) is 2. The second kappa shape index (κ2) is 8.14. The molecule has 9 heteroatoms. The fourth-order valence-electron chi connectivity index (χ4n) is 4.54. The van der Waals surface area contributed by atoms with Crippen molar-refractivity contribution in [2.24, 2.45) is 18.0 Å². The molecule has 0 spiro atoms. The van der Waals surface area contributed by atoms with Crippen LogP contribution in [0.25, 0.3) is 33.5 Å². The second-order valence-electron chi connectivity index (χ2n) is 8.31. The number of benzene rings is 1. The van der Waals surface area contributed by atoms with Gasteiger partial charge in [-0.2, -0.15) is 5.10 Å². The van der Waals surface area contributed by atoms with Crippen LogP contribution in [0.1, 0.15) is 36.0 Å². The van der Waals surface area contributed by atoms with E-state index in [0.29, 0.717) is 39.5 Å². The number of nitrogens with zero attached hydrogens (tertiary/aromatic N) is 5. The molecule has 0 saturated heterocycles. The van der Waals surface area contributed by atoms with Crippen molar-refractivity contribution in [1.29, 1.82) is 0 Å². The molecule has 8 nitrogen and oxygen atoms in total. The van der Waals surface area contributed by atoms with E-state index >= 15 is 0 Å². The van der Waals surface area contributed by atoms with Crippen molar-refractivity contribution in [2.75, 3.05) is 7.05 Å². The van der Waals surface area contributed by atoms with Crippen molar-refractivity contribution in [3.05, 3.63) is 42.0 Å². The fourth-order valence-corrected chi connectivity index (χ4v) is 4.54. The lowest BCUT2D eigenvalue weighted by Crippen LogP contribution is -2.32. The van der Waals surface area contributed by atoms with Crippen molar-refractivity contribution in [3.8, 4) is 11.4 Å². The predicted molar refractivity (Wildman–Crippen MR) is 121 cm³/mol. The number of carbonyl (C=O) groups is 1. The lowest BCUT2D eigenvalue weighted by Gasteiger charge is -2.12. The van der Waals surface area contributed by atoms with E-state index in [2.05, 4.69) is 25.4 Å². The zero-order valence-electron chi connectivity index (χ0n) is 18.0. The third-order valence-corrected chi connectivity index (χ3v) is 6.18. The van der Waals surface area contributed by atoms with Gasteiger partial charge in [0.25, 0.3) is 5.91 Å². The molecule has 0 bridgehead atoms. The van der Waals surface area contributed by atoms with Crippen LogP contribution in [-0.4, -0.2) is 49.9 Å². The molecule has 5 rings (SSSR count). The van der Waals surface area contributed by atoms with Gasteiger partial charge in [0.15, 0.2) is 5.65 Å². The monoisotopic (exact) mass is 433 g/mol. The van der Waals surface area contributed by atoms with Crippen LogP contribution in [0, 0.1) is 11.7 Å². The number of fused-ring (bicyclic) bond motifs is 2. The van der Waals surface area contributed by atoms with Gasteiger partial charge in [-0.3, -0.25) is 9.48 Å². The summed E-state index contributed by atoms with van der Waals surface area (Å²) < 4.78 is 15.3. The Kier molecular flexibility index (Phi) is 5.16. The molecule has 2 atom stereocenters. The molecule has 0 unspecified atom stereocenters. The van der Waals surface area contributed by atoms with E-state index in [4.69, 9.17) is 4.98 Å². The lowest BCUT2D eigenvalue weighted by atomic mass is 10.0. The molecule has 3 heterocycles. The lowest BCUT2D eigenvalue weighted by molar-refractivity contribution is 0.0938. The molecule has 1 aliphatic rings. The Bertz CT molecular complexity index is 1340. The minimum absolute atomic E-state index is 0.147. The maximum atomic E-state index is 13.7. The van der Waals surface area contributed by atoms with Gasteiger partial charge in [-0.25, -0.2) is 14.4 Å². The largest absolute Gasteiger partial charge is 0.349 e. The minimum atomic E-state index is -0.325. The molecule has 32 heavy (non-hydrogen) atoms. The highest BCUT2D eigenvalue weighted by Crippen LogP contribution is 2.30. The van der Waals surface area contributed by atoms with Crippen molar-refractivity contribution in [1.82, 2.24) is 30.0 Å². The number of hydrogen-bond acceptors (Lipinski definition) is 5. The van der Waals surface area contributed by atoms with Gasteiger partial charge in [-0.1, -0.05) is 0 Å². The number of aliphatic imine (C=N–C) groups is 1. The highest BCUT2D eigenvalue weighted by atomic mass is 19.1. The van der Waals surface area contributed by atoms with Crippen molar-refractivity contribution in [2.45, 2.75) is 31.7 Å². The van der Waals surface area contributed by atoms with Gasteiger partial charge >= 0.3 is 0 Å². The molecule has 2 N–H and O–H groups in total. The summed E-state index contributed by atoms with van der Waals surface area (Å²) in [5.74, 6) is 0.0698. The Morgan fingerprint density at radius 2 is 2.28 bits per heavy atom. The van der Waals surface area contributed by atoms with E-state index in [9.17, 15) is 9.18 Å². The zero-order valence-corrected chi connectivity index (χ0v) is 18.0. The SMILES string of the molecule is C/N=C\C[C@@H]1CC[C@H](NC(=O)c2c[nH]c3ncc(-c4nn(C)c5cc(F)ccc45)nc23)C1. The molecule has 0 aliphatic heterocycles. The summed E-state index contributed by atoms with van der Waals surface area (Å²) in [6, 6.07) is 4.67. The quantitative estimate of drug-likeness (QED) is 0.469. The van der Waals surface area contributed by atoms with E-state index in [1.54, 1.807) is 37.2 Å². The summed E-state index contributed by atoms with van der Waals surface area (Å²) in [6.45, 7) is 0. The van der Waals surface area contributed by atoms with Gasteiger partial charge in [0.05, 0.1) is 17.3 Å². The molecule has 1 aromatic carbocycles. The first-order chi connectivity index (χ1) is 15.5. The number of carbonyl (C=O) groups excluding carboxylic acids is 1. The molecule has 164 valence electrons. The number of rotatable bonds is 5. The van der Waals surface area contributed by atoms with E-state index in [0.717, 1.165) is 31.1 Å². The Morgan fingerprint density at radius 1 is 1.41 bits per heavy atom. The summed E-state index contributed by atoms with van der Waals surface area (Å²) in [5.41, 5.74) is 3.28. The number of amides is 1. The number of H-pyrrole nitrogens is 1. The molecule has 4 aromatic rings. The zero-order chi connectivity index (χ0) is 22.2. The first kappa shape index (κ1) is 20.3. The van der Waals surface area contributed by atoms with E-state index in [1.165, 1.54) is 12.1 Å². The van der Waals surface area contributed by atoms with Crippen LogP contribution in [-0.2, 0) is 7.05 Å². The Balaban J connectivity index is 1.43. The Labute approximate surface area is 184 Å². The standard InChI is InChI=1S/C23H24FN7O/c1-25-8-7-13-3-5-15(9-13)28-23(32)17-11-26-22-21(17)29-18(12-27-22)20-16-6-4-14(24)10-19(16)31(2)30-20/h4,6,8,10-13,15H,3,5,7,9H2,1-2H3,(H,26,27)(H,28,32)/b25-8-/t13-,15-/m0/s1. The number of aryl methyl sites for hydroxylation is 1. The third-order valence-electron chi connectivity index (χ3n) is 6.18. The molecule has 1 amide bonds. The van der Waals surface area contributed by atoms with Crippen molar-refractivity contribution in [3.63, 3.8) is 0 Å². The van der Waals surface area contributed by atoms with Crippen LogP contribution >= 0.6 is 0 Å². The summed E-state index contributed by atoms with van der Waals surface area (Å²) in [4.78, 5) is 29.2. The molecule has 3 aromatic heterocycles. The van der Waals surface area contributed by atoms with Gasteiger partial charge in [-0.15, -0.1) is 0 Å². The number of hydrogen-bond donors (Lipinski definition) is 2. The average Bonchev–Trinajstić information content (AvgIpc) is 3.49. The average molecular weight is 433 g/mol. The summed E-state index contributed by atoms with van der Waals surface area (Å²) in [7, 11) is 3.54. The van der Waals surface area contributed by atoms with Crippen molar-refractivity contribution >= 4 is 34.2 Å². The molecule has 1 saturated carbocycles. The van der Waals surface area contributed by atoms with Crippen LogP contribution in [0.3, 0.4) is 0 Å². The molecular formula is C23H24FN7O. The van der Waals surface area contributed by atoms with Gasteiger partial charge in [0.2, 0.25) is 0 Å². The topological polar surface area (TPSA) is 101 Å². The molecular weight excluding hydrogens is 409 g/mol. The van der Waals surface area contributed by atoms with Crippen LogP contribution in [0.2, 0.25) is 0 Å². The van der Waals surface area contributed by atoms with Gasteiger partial charge in [0.1, 0.15) is 22.7 Å².